The fourth-order valence-corrected chi connectivity index (χ4v) is 0.681. The second kappa shape index (κ2) is 1.93. The Morgan fingerprint density at radius 1 is 1.78 bits per heavy atom. The molecule has 0 aliphatic heterocycles. The Hall–Kier alpha value is -1.25. The molecule has 3 heteroatoms. The van der Waals surface area contributed by atoms with E-state index < -0.39 is 0 Å². The van der Waals surface area contributed by atoms with E-state index in [1.54, 1.807) is 18.3 Å². The fourth-order valence-electron chi connectivity index (χ4n) is 0.681. The summed E-state index contributed by atoms with van der Waals surface area (Å²) in [7, 11) is 0. The van der Waals surface area contributed by atoms with Crippen LogP contribution in [-0.4, -0.2) is 10.5 Å². The number of hydrogen-bond acceptors (Lipinski definition) is 2. The molecule has 1 aromatic heterocycles. The Balaban J connectivity index is 3.08. The number of nitrogens with zero attached hydrogens (tertiary/aromatic N) is 1. The third kappa shape index (κ3) is 0.937. The number of carbonyl (C=O) groups excluding carboxylic acids is 1. The second-order valence-electron chi connectivity index (χ2n) is 1.82. The van der Waals surface area contributed by atoms with Crippen molar-refractivity contribution in [1.82, 2.24) is 4.57 Å². The summed E-state index contributed by atoms with van der Waals surface area (Å²) in [5, 5.41) is 0. The maximum Gasteiger partial charge on any atom is 0.229 e. The highest BCUT2D eigenvalue weighted by molar-refractivity contribution is 5.79. The molecular formula is C6H8N2O. The Bertz CT molecular complexity index is 227. The molecule has 3 nitrogen and oxygen atoms in total. The van der Waals surface area contributed by atoms with E-state index in [0.717, 1.165) is 0 Å². The van der Waals surface area contributed by atoms with Gasteiger partial charge in [-0.15, -0.1) is 0 Å². The molecule has 1 heterocycles. The minimum atomic E-state index is -0.0579. The van der Waals surface area contributed by atoms with Crippen molar-refractivity contribution in [3.8, 4) is 0 Å². The van der Waals surface area contributed by atoms with E-state index in [4.69, 9.17) is 5.73 Å². The van der Waals surface area contributed by atoms with Crippen LogP contribution in [0.4, 0.5) is 5.82 Å². The van der Waals surface area contributed by atoms with E-state index in [2.05, 4.69) is 0 Å². The van der Waals surface area contributed by atoms with Crippen molar-refractivity contribution in [2.45, 2.75) is 6.92 Å². The normalized spacial score (nSPS) is 9.44. The van der Waals surface area contributed by atoms with Crippen LogP contribution in [0.1, 0.15) is 11.7 Å². The van der Waals surface area contributed by atoms with E-state index in [0.29, 0.717) is 5.82 Å². The van der Waals surface area contributed by atoms with Gasteiger partial charge in [-0.3, -0.25) is 9.36 Å². The molecule has 9 heavy (non-hydrogen) atoms. The molecule has 0 fully saturated rings. The zero-order valence-corrected chi connectivity index (χ0v) is 5.16. The highest BCUT2D eigenvalue weighted by Crippen LogP contribution is 2.01. The van der Waals surface area contributed by atoms with E-state index in [1.807, 2.05) is 0 Å². The van der Waals surface area contributed by atoms with Gasteiger partial charge in [0.05, 0.1) is 0 Å². The van der Waals surface area contributed by atoms with Gasteiger partial charge in [0.2, 0.25) is 5.91 Å². The largest absolute Gasteiger partial charge is 0.385 e. The van der Waals surface area contributed by atoms with Gasteiger partial charge in [0.15, 0.2) is 0 Å². The lowest BCUT2D eigenvalue weighted by Crippen LogP contribution is -2.06. The van der Waals surface area contributed by atoms with Crippen LogP contribution in [0.25, 0.3) is 0 Å². The van der Waals surface area contributed by atoms with Gasteiger partial charge in [0.25, 0.3) is 0 Å². The predicted molar refractivity (Wildman–Crippen MR) is 35.1 cm³/mol. The first-order chi connectivity index (χ1) is 4.22. The van der Waals surface area contributed by atoms with Gasteiger partial charge < -0.3 is 5.73 Å². The van der Waals surface area contributed by atoms with Gasteiger partial charge in [0, 0.05) is 13.1 Å². The molecule has 0 bridgehead atoms. The quantitative estimate of drug-likeness (QED) is 0.554. The lowest BCUT2D eigenvalue weighted by molar-refractivity contribution is 0.0939. The molecule has 0 saturated carbocycles. The van der Waals surface area contributed by atoms with Crippen molar-refractivity contribution < 1.29 is 4.79 Å². The Kier molecular flexibility index (Phi) is 1.26. The number of nitrogens with two attached hydrogens (primary N) is 1. The van der Waals surface area contributed by atoms with E-state index >= 15 is 0 Å². The zero-order chi connectivity index (χ0) is 6.85. The SMILES string of the molecule is CC(=O)n1cccc1N. The topological polar surface area (TPSA) is 48.0 Å². The van der Waals surface area contributed by atoms with Crippen molar-refractivity contribution in [1.29, 1.82) is 0 Å². The van der Waals surface area contributed by atoms with Crippen molar-refractivity contribution in [3.63, 3.8) is 0 Å². The van der Waals surface area contributed by atoms with Crippen molar-refractivity contribution in [2.75, 3.05) is 5.73 Å². The maximum atomic E-state index is 10.6. The summed E-state index contributed by atoms with van der Waals surface area (Å²) in [4.78, 5) is 10.6. The minimum Gasteiger partial charge on any atom is -0.385 e. The molecule has 0 unspecified atom stereocenters. The average Bonchev–Trinajstić information content (AvgIpc) is 2.13. The molecule has 0 amide bonds. The molecule has 0 aliphatic rings. The predicted octanol–water partition coefficient (Wildman–Crippen LogP) is 0.730. The monoisotopic (exact) mass is 124 g/mol. The Morgan fingerprint density at radius 2 is 2.44 bits per heavy atom. The summed E-state index contributed by atoms with van der Waals surface area (Å²) in [6, 6.07) is 3.41. The Labute approximate surface area is 53.1 Å². The van der Waals surface area contributed by atoms with Crippen LogP contribution in [0, 0.1) is 0 Å². The fraction of sp³-hybridized carbons (Fsp3) is 0.167. The van der Waals surface area contributed by atoms with Crippen LogP contribution in [0.2, 0.25) is 0 Å². The molecule has 0 saturated heterocycles. The van der Waals surface area contributed by atoms with E-state index in [-0.39, 0.29) is 5.91 Å². The summed E-state index contributed by atoms with van der Waals surface area (Å²) in [6.07, 6.45) is 1.64. The number of anilines is 1. The third-order valence-electron chi connectivity index (χ3n) is 1.12. The number of rotatable bonds is 0. The van der Waals surface area contributed by atoms with Crippen LogP contribution in [0.5, 0.6) is 0 Å². The van der Waals surface area contributed by atoms with Crippen LogP contribution in [-0.2, 0) is 0 Å². The van der Waals surface area contributed by atoms with Crippen molar-refractivity contribution in [2.24, 2.45) is 0 Å². The summed E-state index contributed by atoms with van der Waals surface area (Å²) in [5.74, 6) is 0.431. The Morgan fingerprint density at radius 3 is 2.67 bits per heavy atom. The smallest absolute Gasteiger partial charge is 0.229 e. The van der Waals surface area contributed by atoms with Gasteiger partial charge in [0.1, 0.15) is 5.82 Å². The average molecular weight is 124 g/mol. The lowest BCUT2D eigenvalue weighted by Gasteiger charge is -1.96. The number of nitrogen functional groups attached to an aromatic ring is 1. The first kappa shape index (κ1) is 5.88. The second-order valence-corrected chi connectivity index (χ2v) is 1.82. The third-order valence-corrected chi connectivity index (χ3v) is 1.12. The van der Waals surface area contributed by atoms with Crippen molar-refractivity contribution in [3.05, 3.63) is 18.3 Å². The van der Waals surface area contributed by atoms with Gasteiger partial charge in [-0.2, -0.15) is 0 Å². The van der Waals surface area contributed by atoms with E-state index in [1.165, 1.54) is 11.5 Å². The van der Waals surface area contributed by atoms with Crippen molar-refractivity contribution >= 4 is 11.7 Å². The van der Waals surface area contributed by atoms with Crippen LogP contribution in [0.3, 0.4) is 0 Å². The molecule has 1 rings (SSSR count). The highest BCUT2D eigenvalue weighted by atomic mass is 16.1. The minimum absolute atomic E-state index is 0.0579. The first-order valence-electron chi connectivity index (χ1n) is 2.65. The molecule has 1 aromatic rings. The molecule has 0 atom stereocenters. The number of aromatic nitrogens is 1. The highest BCUT2D eigenvalue weighted by Gasteiger charge is 1.97. The molecule has 0 radical (unpaired) electrons. The molecule has 2 N–H and O–H groups in total. The van der Waals surface area contributed by atoms with Crippen LogP contribution in [0.15, 0.2) is 18.3 Å². The first-order valence-corrected chi connectivity index (χ1v) is 2.65. The molecule has 0 aromatic carbocycles. The van der Waals surface area contributed by atoms with Crippen LogP contribution >= 0.6 is 0 Å². The molecule has 48 valence electrons. The van der Waals surface area contributed by atoms with E-state index in [9.17, 15) is 4.79 Å². The summed E-state index contributed by atoms with van der Waals surface area (Å²) < 4.78 is 1.39. The van der Waals surface area contributed by atoms with Gasteiger partial charge >= 0.3 is 0 Å². The zero-order valence-electron chi connectivity index (χ0n) is 5.16. The standard InChI is InChI=1S/C6H8N2O/c1-5(9)8-4-2-3-6(8)7/h2-4H,7H2,1H3. The maximum absolute atomic E-state index is 10.6. The van der Waals surface area contributed by atoms with Gasteiger partial charge in [-0.05, 0) is 12.1 Å². The van der Waals surface area contributed by atoms with Gasteiger partial charge in [-0.1, -0.05) is 0 Å². The molecule has 0 spiro atoms. The van der Waals surface area contributed by atoms with Crippen LogP contribution < -0.4 is 5.73 Å². The molecular weight excluding hydrogens is 116 g/mol. The number of carbonyl (C=O) groups is 1. The summed E-state index contributed by atoms with van der Waals surface area (Å²) in [6.45, 7) is 1.47. The number of hydrogen-bond donors (Lipinski definition) is 1. The summed E-state index contributed by atoms with van der Waals surface area (Å²) >= 11 is 0. The molecule has 0 aliphatic carbocycles. The van der Waals surface area contributed by atoms with Gasteiger partial charge in [-0.25, -0.2) is 0 Å². The lowest BCUT2D eigenvalue weighted by atomic mass is 10.6. The summed E-state index contributed by atoms with van der Waals surface area (Å²) in [5.41, 5.74) is 5.38.